The monoisotopic (exact) mass is 251 g/mol. The van der Waals surface area contributed by atoms with Crippen molar-refractivity contribution in [2.24, 2.45) is 0 Å². The zero-order valence-electron chi connectivity index (χ0n) is 8.71. The maximum atomic E-state index is 11.9. The number of carbonyl (C=O) groups excluding carboxylic acids is 1. The van der Waals surface area contributed by atoms with Gasteiger partial charge >= 0.3 is 0 Å². The highest BCUT2D eigenvalue weighted by atomic mass is 32.1. The predicted octanol–water partition coefficient (Wildman–Crippen LogP) is 0.377. The lowest BCUT2D eigenvalue weighted by atomic mass is 10.3. The molecule has 2 aromatic heterocycles. The number of hydrogen-bond acceptors (Lipinski definition) is 5. The van der Waals surface area contributed by atoms with E-state index >= 15 is 0 Å². The summed E-state index contributed by atoms with van der Waals surface area (Å²) in [6.07, 6.45) is 2.97. The second-order valence-electron chi connectivity index (χ2n) is 3.17. The summed E-state index contributed by atoms with van der Waals surface area (Å²) < 4.78 is 1.22. The molecule has 0 aliphatic rings. The highest BCUT2D eigenvalue weighted by Crippen LogP contribution is 2.14. The number of carbonyl (C=O) groups is 1. The first-order valence-electron chi connectivity index (χ1n) is 4.73. The van der Waals surface area contributed by atoms with Crippen molar-refractivity contribution < 1.29 is 9.90 Å². The Kier molecular flexibility index (Phi) is 2.92. The number of rotatable bonds is 3. The third-order valence-electron chi connectivity index (χ3n) is 2.08. The van der Waals surface area contributed by atoms with Crippen LogP contribution in [0.15, 0.2) is 29.0 Å². The van der Waals surface area contributed by atoms with E-state index in [9.17, 15) is 14.7 Å². The number of fused-ring (bicyclic) bond motifs is 1. The van der Waals surface area contributed by atoms with Gasteiger partial charge in [0, 0.05) is 18.1 Å². The van der Waals surface area contributed by atoms with Crippen LogP contribution in [-0.4, -0.2) is 26.9 Å². The molecule has 0 saturated heterocycles. The highest BCUT2D eigenvalue weighted by Gasteiger charge is 2.19. The third kappa shape index (κ3) is 1.92. The minimum atomic E-state index is -0.666. The van der Waals surface area contributed by atoms with E-state index < -0.39 is 17.3 Å². The van der Waals surface area contributed by atoms with Crippen LogP contribution in [0, 0.1) is 0 Å². The maximum Gasteiger partial charge on any atom is 0.275 e. The lowest BCUT2D eigenvalue weighted by molar-refractivity contribution is 0.0953. The van der Waals surface area contributed by atoms with Gasteiger partial charge in [0.05, 0.1) is 0 Å². The Morgan fingerprint density at radius 3 is 3.18 bits per heavy atom. The molecule has 2 rings (SSSR count). The predicted molar refractivity (Wildman–Crippen MR) is 63.5 cm³/mol. The smallest absolute Gasteiger partial charge is 0.275 e. The van der Waals surface area contributed by atoms with Gasteiger partial charge in [-0.05, 0) is 0 Å². The number of hydrogen-bond donors (Lipinski definition) is 2. The van der Waals surface area contributed by atoms with E-state index in [0.29, 0.717) is 4.96 Å². The van der Waals surface area contributed by atoms with Crippen molar-refractivity contribution in [1.29, 1.82) is 0 Å². The van der Waals surface area contributed by atoms with Gasteiger partial charge in [0.2, 0.25) is 5.88 Å². The van der Waals surface area contributed by atoms with E-state index in [1.54, 1.807) is 5.38 Å². The fourth-order valence-corrected chi connectivity index (χ4v) is 2.02. The Balaban J connectivity index is 2.56. The van der Waals surface area contributed by atoms with Gasteiger partial charge in [0.15, 0.2) is 10.5 Å². The van der Waals surface area contributed by atoms with Gasteiger partial charge in [0.25, 0.3) is 11.5 Å². The molecule has 0 radical (unpaired) electrons. The molecule has 0 unspecified atom stereocenters. The lowest BCUT2D eigenvalue weighted by Gasteiger charge is -2.03. The minimum Gasteiger partial charge on any atom is -0.492 e. The highest BCUT2D eigenvalue weighted by molar-refractivity contribution is 7.15. The zero-order chi connectivity index (χ0) is 12.4. The summed E-state index contributed by atoms with van der Waals surface area (Å²) >= 11 is 1.20. The second-order valence-corrected chi connectivity index (χ2v) is 4.04. The molecule has 88 valence electrons. The molecule has 2 heterocycles. The molecular weight excluding hydrogens is 242 g/mol. The standard InChI is InChI=1S/C10H9N3O3S/c1-2-3-11-7(14)6-8(15)12-10-13(9(6)16)4-5-17-10/h2,4-5,15H,1,3H2,(H,11,14). The van der Waals surface area contributed by atoms with Crippen molar-refractivity contribution in [3.05, 3.63) is 40.1 Å². The van der Waals surface area contributed by atoms with Gasteiger partial charge in [0.1, 0.15) is 0 Å². The zero-order valence-corrected chi connectivity index (χ0v) is 9.53. The van der Waals surface area contributed by atoms with E-state index in [2.05, 4.69) is 16.9 Å². The molecule has 7 heteroatoms. The van der Waals surface area contributed by atoms with Gasteiger partial charge in [-0.2, -0.15) is 4.98 Å². The summed E-state index contributed by atoms with van der Waals surface area (Å²) in [5, 5.41) is 13.6. The van der Waals surface area contributed by atoms with Crippen LogP contribution in [0.3, 0.4) is 0 Å². The van der Waals surface area contributed by atoms with Crippen LogP contribution in [-0.2, 0) is 0 Å². The fourth-order valence-electron chi connectivity index (χ4n) is 1.32. The molecule has 2 aromatic rings. The van der Waals surface area contributed by atoms with E-state index in [1.165, 1.54) is 28.0 Å². The fraction of sp³-hybridized carbons (Fsp3) is 0.100. The summed E-state index contributed by atoms with van der Waals surface area (Å²) in [6.45, 7) is 3.65. The summed E-state index contributed by atoms with van der Waals surface area (Å²) in [6, 6.07) is 0. The summed E-state index contributed by atoms with van der Waals surface area (Å²) in [4.78, 5) is 27.7. The molecule has 0 bridgehead atoms. The van der Waals surface area contributed by atoms with Gasteiger partial charge in [-0.25, -0.2) is 0 Å². The normalized spacial score (nSPS) is 10.4. The SMILES string of the molecule is C=CCNC(=O)c1c(O)nc2sccn2c1=O. The quantitative estimate of drug-likeness (QED) is 0.772. The van der Waals surface area contributed by atoms with Crippen LogP contribution in [0.5, 0.6) is 5.88 Å². The Morgan fingerprint density at radius 1 is 1.71 bits per heavy atom. The molecule has 1 amide bonds. The van der Waals surface area contributed by atoms with Crippen molar-refractivity contribution in [2.45, 2.75) is 0 Å². The van der Waals surface area contributed by atoms with E-state index in [-0.39, 0.29) is 12.1 Å². The van der Waals surface area contributed by atoms with Crippen LogP contribution in [0.25, 0.3) is 4.96 Å². The molecule has 0 atom stereocenters. The number of nitrogens with one attached hydrogen (secondary N) is 1. The van der Waals surface area contributed by atoms with Crippen LogP contribution in [0.4, 0.5) is 0 Å². The molecule has 0 aliphatic heterocycles. The number of nitrogens with zero attached hydrogens (tertiary/aromatic N) is 2. The Labute approximate surface area is 99.9 Å². The average molecular weight is 251 g/mol. The largest absolute Gasteiger partial charge is 0.492 e. The summed E-state index contributed by atoms with van der Waals surface area (Å²) in [7, 11) is 0. The Morgan fingerprint density at radius 2 is 2.47 bits per heavy atom. The van der Waals surface area contributed by atoms with Crippen LogP contribution in [0.1, 0.15) is 10.4 Å². The number of aromatic nitrogens is 2. The number of amides is 1. The first-order valence-corrected chi connectivity index (χ1v) is 5.61. The summed E-state index contributed by atoms with van der Waals surface area (Å²) in [5.41, 5.74) is -0.946. The van der Waals surface area contributed by atoms with Crippen molar-refractivity contribution in [1.82, 2.24) is 14.7 Å². The third-order valence-corrected chi connectivity index (χ3v) is 2.84. The van der Waals surface area contributed by atoms with Crippen LogP contribution >= 0.6 is 11.3 Å². The molecule has 2 N–H and O–H groups in total. The molecule has 0 spiro atoms. The van der Waals surface area contributed by atoms with E-state index in [4.69, 9.17) is 0 Å². The Hall–Kier alpha value is -2.15. The van der Waals surface area contributed by atoms with Gasteiger partial charge in [-0.1, -0.05) is 6.08 Å². The van der Waals surface area contributed by atoms with Crippen molar-refractivity contribution >= 4 is 22.2 Å². The van der Waals surface area contributed by atoms with Crippen LogP contribution < -0.4 is 10.9 Å². The van der Waals surface area contributed by atoms with Gasteiger partial charge < -0.3 is 10.4 Å². The molecule has 0 aliphatic carbocycles. The van der Waals surface area contributed by atoms with Gasteiger partial charge in [-0.3, -0.25) is 14.0 Å². The lowest BCUT2D eigenvalue weighted by Crippen LogP contribution is -2.31. The molecular formula is C10H9N3O3S. The van der Waals surface area contributed by atoms with Crippen LogP contribution in [0.2, 0.25) is 0 Å². The second kappa shape index (κ2) is 4.38. The maximum absolute atomic E-state index is 11.9. The van der Waals surface area contributed by atoms with Crippen molar-refractivity contribution in [3.63, 3.8) is 0 Å². The molecule has 0 aromatic carbocycles. The topological polar surface area (TPSA) is 83.7 Å². The van der Waals surface area contributed by atoms with Gasteiger partial charge in [-0.15, -0.1) is 17.9 Å². The van der Waals surface area contributed by atoms with Crippen molar-refractivity contribution in [3.8, 4) is 5.88 Å². The first kappa shape index (κ1) is 11.3. The first-order chi connectivity index (χ1) is 8.15. The minimum absolute atomic E-state index is 0.212. The van der Waals surface area contributed by atoms with E-state index in [0.717, 1.165) is 0 Å². The molecule has 0 fully saturated rings. The molecule has 17 heavy (non-hydrogen) atoms. The van der Waals surface area contributed by atoms with Crippen molar-refractivity contribution in [2.75, 3.05) is 6.54 Å². The molecule has 6 nitrogen and oxygen atoms in total. The average Bonchev–Trinajstić information content (AvgIpc) is 2.74. The Bertz CT molecular complexity index is 644. The number of thiazole rings is 1. The van der Waals surface area contributed by atoms with E-state index in [1.807, 2.05) is 0 Å². The molecule has 0 saturated carbocycles. The number of aromatic hydroxyl groups is 1. The summed E-state index contributed by atoms with van der Waals surface area (Å²) in [5.74, 6) is -1.22.